The van der Waals surface area contributed by atoms with Crippen molar-refractivity contribution in [3.05, 3.63) is 52.0 Å². The van der Waals surface area contributed by atoms with Crippen LogP contribution < -0.4 is 5.43 Å². The maximum atomic E-state index is 12.3. The summed E-state index contributed by atoms with van der Waals surface area (Å²) in [5.41, 5.74) is 0.292. The van der Waals surface area contributed by atoms with Crippen molar-refractivity contribution in [3.8, 4) is 0 Å². The van der Waals surface area contributed by atoms with Crippen LogP contribution in [0.1, 0.15) is 23.0 Å². The van der Waals surface area contributed by atoms with Gasteiger partial charge in [0.15, 0.2) is 5.78 Å². The lowest BCUT2D eigenvalue weighted by atomic mass is 10.1. The molecule has 2 aromatic rings. The number of fused-ring (bicyclic) bond motifs is 1. The van der Waals surface area contributed by atoms with E-state index in [1.807, 2.05) is 14.1 Å². The van der Waals surface area contributed by atoms with E-state index >= 15 is 0 Å². The van der Waals surface area contributed by atoms with Gasteiger partial charge in [0.25, 0.3) is 0 Å². The molecule has 2 rings (SSSR count). The van der Waals surface area contributed by atoms with E-state index in [-0.39, 0.29) is 16.8 Å². The highest BCUT2D eigenvalue weighted by Gasteiger charge is 2.15. The fourth-order valence-corrected chi connectivity index (χ4v) is 1.83. The predicted octanol–water partition coefficient (Wildman–Crippen LogP) is 2.53. The van der Waals surface area contributed by atoms with Crippen LogP contribution in [0.4, 0.5) is 0 Å². The molecular weight excluding hydrogens is 242 g/mol. The molecule has 98 valence electrons. The Morgan fingerprint density at radius 2 is 1.95 bits per heavy atom. The Morgan fingerprint density at radius 3 is 2.58 bits per heavy atom. The van der Waals surface area contributed by atoms with Gasteiger partial charge in [0.1, 0.15) is 16.9 Å². The van der Waals surface area contributed by atoms with Gasteiger partial charge < -0.3 is 9.32 Å². The van der Waals surface area contributed by atoms with Gasteiger partial charge in [0, 0.05) is 20.3 Å². The van der Waals surface area contributed by atoms with Crippen molar-refractivity contribution < 1.29 is 9.21 Å². The number of carbonyl (C=O) groups excluding carboxylic acids is 1. The van der Waals surface area contributed by atoms with Crippen molar-refractivity contribution >= 4 is 22.8 Å². The van der Waals surface area contributed by atoms with Crippen LogP contribution in [0.15, 0.2) is 39.7 Å². The molecule has 1 aromatic carbocycles. The van der Waals surface area contributed by atoms with Crippen LogP contribution in [-0.2, 0) is 0 Å². The summed E-state index contributed by atoms with van der Waals surface area (Å²) in [5, 5.41) is 0.426. The molecule has 0 spiro atoms. The number of ketones is 1. The zero-order valence-corrected chi connectivity index (χ0v) is 11.1. The van der Waals surface area contributed by atoms with Gasteiger partial charge >= 0.3 is 0 Å². The first-order valence-corrected chi connectivity index (χ1v) is 5.92. The Morgan fingerprint density at radius 1 is 1.26 bits per heavy atom. The fourth-order valence-electron chi connectivity index (χ4n) is 1.83. The summed E-state index contributed by atoms with van der Waals surface area (Å²) >= 11 is 0. The number of benzene rings is 1. The Hall–Kier alpha value is -2.36. The maximum absolute atomic E-state index is 12.3. The third-order valence-corrected chi connectivity index (χ3v) is 2.70. The smallest absolute Gasteiger partial charge is 0.204 e. The SMILES string of the molecule is CC(=O)c1c(/C=C/N(C)C)oc2ccccc2c1=O. The van der Waals surface area contributed by atoms with E-state index in [9.17, 15) is 9.59 Å². The highest BCUT2D eigenvalue weighted by Crippen LogP contribution is 2.17. The van der Waals surface area contributed by atoms with E-state index in [0.717, 1.165) is 0 Å². The molecule has 0 amide bonds. The Kier molecular flexibility index (Phi) is 3.51. The van der Waals surface area contributed by atoms with Crippen LogP contribution in [-0.4, -0.2) is 24.8 Å². The Bertz CT molecular complexity index is 711. The quantitative estimate of drug-likeness (QED) is 0.793. The van der Waals surface area contributed by atoms with E-state index < -0.39 is 0 Å². The molecule has 0 atom stereocenters. The molecule has 0 fully saturated rings. The number of Topliss-reactive ketones (excluding diaryl/α,β-unsaturated/α-hetero) is 1. The van der Waals surface area contributed by atoms with Crippen LogP contribution in [0.3, 0.4) is 0 Å². The number of nitrogens with zero attached hydrogens (tertiary/aromatic N) is 1. The van der Waals surface area contributed by atoms with Crippen molar-refractivity contribution in [1.82, 2.24) is 4.90 Å². The van der Waals surface area contributed by atoms with E-state index in [4.69, 9.17) is 4.42 Å². The van der Waals surface area contributed by atoms with Crippen molar-refractivity contribution in [2.75, 3.05) is 14.1 Å². The fraction of sp³-hybridized carbons (Fsp3) is 0.200. The zero-order chi connectivity index (χ0) is 14.0. The molecule has 1 heterocycles. The van der Waals surface area contributed by atoms with Crippen molar-refractivity contribution in [2.24, 2.45) is 0 Å². The first-order chi connectivity index (χ1) is 9.00. The van der Waals surface area contributed by atoms with E-state index in [1.165, 1.54) is 6.92 Å². The van der Waals surface area contributed by atoms with E-state index in [0.29, 0.717) is 16.7 Å². The topological polar surface area (TPSA) is 50.5 Å². The van der Waals surface area contributed by atoms with Crippen LogP contribution >= 0.6 is 0 Å². The standard InChI is InChI=1S/C15H15NO3/c1-10(17)14-13(8-9-16(2)3)19-12-7-5-4-6-11(12)15(14)18/h4-9H,1-3H3/b9-8+. The molecule has 0 saturated carbocycles. The lowest BCUT2D eigenvalue weighted by Crippen LogP contribution is -2.15. The number of hydrogen-bond acceptors (Lipinski definition) is 4. The minimum Gasteiger partial charge on any atom is -0.456 e. The van der Waals surface area contributed by atoms with Crippen LogP contribution in [0.25, 0.3) is 17.0 Å². The second kappa shape index (κ2) is 5.10. The normalized spacial score (nSPS) is 11.1. The summed E-state index contributed by atoms with van der Waals surface area (Å²) in [6, 6.07) is 6.91. The number of carbonyl (C=O) groups is 1. The molecule has 0 radical (unpaired) electrons. The highest BCUT2D eigenvalue weighted by atomic mass is 16.3. The average Bonchev–Trinajstić information content (AvgIpc) is 2.36. The molecule has 19 heavy (non-hydrogen) atoms. The molecule has 1 aromatic heterocycles. The first kappa shape index (κ1) is 13.1. The average molecular weight is 257 g/mol. The molecule has 0 bridgehead atoms. The molecule has 0 unspecified atom stereocenters. The minimum atomic E-state index is -0.294. The second-order valence-electron chi connectivity index (χ2n) is 4.50. The van der Waals surface area contributed by atoms with Crippen LogP contribution in [0, 0.1) is 0 Å². The number of hydrogen-bond donors (Lipinski definition) is 0. The maximum Gasteiger partial charge on any atom is 0.204 e. The van der Waals surface area contributed by atoms with Crippen molar-refractivity contribution in [2.45, 2.75) is 6.92 Å². The van der Waals surface area contributed by atoms with E-state index in [1.54, 1.807) is 41.4 Å². The molecule has 0 saturated heterocycles. The Balaban J connectivity index is 2.78. The lowest BCUT2D eigenvalue weighted by Gasteiger charge is -2.06. The van der Waals surface area contributed by atoms with Gasteiger partial charge in [-0.05, 0) is 25.1 Å². The highest BCUT2D eigenvalue weighted by molar-refractivity contribution is 5.99. The summed E-state index contributed by atoms with van der Waals surface area (Å²) < 4.78 is 5.65. The van der Waals surface area contributed by atoms with Crippen LogP contribution in [0.2, 0.25) is 0 Å². The molecule has 0 aliphatic heterocycles. The van der Waals surface area contributed by atoms with Gasteiger partial charge in [-0.2, -0.15) is 0 Å². The minimum absolute atomic E-state index is 0.0943. The van der Waals surface area contributed by atoms with Crippen molar-refractivity contribution in [3.63, 3.8) is 0 Å². The van der Waals surface area contributed by atoms with Gasteiger partial charge in [-0.15, -0.1) is 0 Å². The van der Waals surface area contributed by atoms with Crippen molar-refractivity contribution in [1.29, 1.82) is 0 Å². The number of para-hydroxylation sites is 1. The van der Waals surface area contributed by atoms with Crippen LogP contribution in [0.5, 0.6) is 0 Å². The summed E-state index contributed by atoms with van der Waals surface area (Å²) in [6.45, 7) is 1.37. The third-order valence-electron chi connectivity index (χ3n) is 2.70. The molecular formula is C15H15NO3. The molecule has 0 aliphatic rings. The van der Waals surface area contributed by atoms with Gasteiger partial charge in [0.2, 0.25) is 5.43 Å². The van der Waals surface area contributed by atoms with Gasteiger partial charge in [-0.3, -0.25) is 9.59 Å². The molecule has 0 N–H and O–H groups in total. The third kappa shape index (κ3) is 2.57. The largest absolute Gasteiger partial charge is 0.456 e. The number of rotatable bonds is 3. The summed E-state index contributed by atoms with van der Waals surface area (Å²) in [4.78, 5) is 25.8. The van der Waals surface area contributed by atoms with E-state index in [2.05, 4.69) is 0 Å². The van der Waals surface area contributed by atoms with Gasteiger partial charge in [-0.25, -0.2) is 0 Å². The lowest BCUT2D eigenvalue weighted by molar-refractivity contribution is 0.101. The van der Waals surface area contributed by atoms with Gasteiger partial charge in [-0.1, -0.05) is 12.1 Å². The second-order valence-corrected chi connectivity index (χ2v) is 4.50. The molecule has 0 aliphatic carbocycles. The molecule has 4 heteroatoms. The summed E-state index contributed by atoms with van der Waals surface area (Å²) in [7, 11) is 3.70. The monoisotopic (exact) mass is 257 g/mol. The van der Waals surface area contributed by atoms with Gasteiger partial charge in [0.05, 0.1) is 5.39 Å². The summed E-state index contributed by atoms with van der Waals surface area (Å²) in [5.74, 6) is 0.00260. The Labute approximate surface area is 111 Å². The molecule has 4 nitrogen and oxygen atoms in total. The zero-order valence-electron chi connectivity index (χ0n) is 11.1. The first-order valence-electron chi connectivity index (χ1n) is 5.92. The predicted molar refractivity (Wildman–Crippen MR) is 75.2 cm³/mol. The summed E-state index contributed by atoms with van der Waals surface area (Å²) in [6.07, 6.45) is 3.37.